The molecule has 0 unspecified atom stereocenters. The molecule has 0 spiro atoms. The Bertz CT molecular complexity index is 563. The molecular weight excluding hydrogens is 310 g/mol. The zero-order chi connectivity index (χ0) is 13.7. The molecular formula is C13H14BrN3O2. The van der Waals surface area contributed by atoms with Crippen LogP contribution in [0.5, 0.6) is 11.5 Å². The van der Waals surface area contributed by atoms with Crippen LogP contribution in [0.1, 0.15) is 5.69 Å². The fourth-order valence-electron chi connectivity index (χ4n) is 1.58. The number of rotatable bonds is 5. The number of nitrogens with zero attached hydrogens (tertiary/aromatic N) is 1. The smallest absolute Gasteiger partial charge is 0.175 e. The molecule has 0 saturated carbocycles. The van der Waals surface area contributed by atoms with E-state index in [4.69, 9.17) is 15.3 Å². The Morgan fingerprint density at radius 3 is 2.95 bits per heavy atom. The van der Waals surface area contributed by atoms with Crippen LogP contribution in [0.2, 0.25) is 0 Å². The van der Waals surface area contributed by atoms with Gasteiger partial charge >= 0.3 is 0 Å². The lowest BCUT2D eigenvalue weighted by atomic mass is 10.3. The number of nitrogens with one attached hydrogen (secondary N) is 1. The molecule has 0 fully saturated rings. The number of hydrogen-bond acceptors (Lipinski definition) is 5. The van der Waals surface area contributed by atoms with Crippen molar-refractivity contribution >= 4 is 21.6 Å². The molecule has 1 heterocycles. The molecule has 6 heteroatoms. The first-order valence-electron chi connectivity index (χ1n) is 5.61. The van der Waals surface area contributed by atoms with Crippen LogP contribution in [0.3, 0.4) is 0 Å². The number of methoxy groups -OCH3 is 1. The molecule has 0 amide bonds. The molecule has 1 aromatic heterocycles. The van der Waals surface area contributed by atoms with Gasteiger partial charge in [-0.3, -0.25) is 10.8 Å². The second-order valence-electron chi connectivity index (χ2n) is 3.74. The van der Waals surface area contributed by atoms with E-state index in [9.17, 15) is 0 Å². The standard InChI is InChI=1S/C13H14BrN3O2/c1-18-12-4-2-3-11(14)13(12)19-8-10-7-9(17-15)5-6-16-10/h2-7H,8,15H2,1H3,(H,16,17). The summed E-state index contributed by atoms with van der Waals surface area (Å²) in [5, 5.41) is 0. The first-order chi connectivity index (χ1) is 9.24. The Labute approximate surface area is 119 Å². The van der Waals surface area contributed by atoms with Crippen LogP contribution < -0.4 is 20.7 Å². The minimum atomic E-state index is 0.328. The first-order valence-corrected chi connectivity index (χ1v) is 6.40. The Hall–Kier alpha value is -1.79. The number of anilines is 1. The van der Waals surface area contributed by atoms with Crippen LogP contribution in [0.4, 0.5) is 5.69 Å². The number of hydrazine groups is 1. The van der Waals surface area contributed by atoms with E-state index in [1.165, 1.54) is 0 Å². The van der Waals surface area contributed by atoms with E-state index in [1.54, 1.807) is 19.4 Å². The number of pyridine rings is 1. The lowest BCUT2D eigenvalue weighted by molar-refractivity contribution is 0.279. The zero-order valence-corrected chi connectivity index (χ0v) is 12.0. The van der Waals surface area contributed by atoms with Crippen molar-refractivity contribution in [2.75, 3.05) is 12.5 Å². The van der Waals surface area contributed by atoms with Gasteiger partial charge in [0.1, 0.15) is 6.61 Å². The van der Waals surface area contributed by atoms with Gasteiger partial charge < -0.3 is 14.9 Å². The van der Waals surface area contributed by atoms with Gasteiger partial charge in [-0.05, 0) is 40.2 Å². The summed E-state index contributed by atoms with van der Waals surface area (Å²) in [6.45, 7) is 0.328. The normalized spacial score (nSPS) is 10.1. The Balaban J connectivity index is 2.14. The number of aromatic nitrogens is 1. The molecule has 2 rings (SSSR count). The summed E-state index contributed by atoms with van der Waals surface area (Å²) in [5.41, 5.74) is 4.13. The van der Waals surface area contributed by atoms with Gasteiger partial charge in [0.05, 0.1) is 23.0 Å². The molecule has 0 bridgehead atoms. The zero-order valence-electron chi connectivity index (χ0n) is 10.4. The van der Waals surface area contributed by atoms with E-state index in [0.717, 1.165) is 15.9 Å². The second-order valence-corrected chi connectivity index (χ2v) is 4.59. The molecule has 5 nitrogen and oxygen atoms in total. The number of para-hydroxylation sites is 1. The fraction of sp³-hybridized carbons (Fsp3) is 0.154. The molecule has 0 aliphatic rings. The van der Waals surface area contributed by atoms with Crippen LogP contribution in [-0.2, 0) is 6.61 Å². The molecule has 0 saturated heterocycles. The minimum absolute atomic E-state index is 0.328. The highest BCUT2D eigenvalue weighted by Crippen LogP contribution is 2.35. The minimum Gasteiger partial charge on any atom is -0.493 e. The highest BCUT2D eigenvalue weighted by molar-refractivity contribution is 9.10. The van der Waals surface area contributed by atoms with Crippen molar-refractivity contribution < 1.29 is 9.47 Å². The van der Waals surface area contributed by atoms with E-state index in [-0.39, 0.29) is 0 Å². The van der Waals surface area contributed by atoms with Crippen LogP contribution in [0.25, 0.3) is 0 Å². The van der Waals surface area contributed by atoms with E-state index < -0.39 is 0 Å². The topological polar surface area (TPSA) is 69.4 Å². The van der Waals surface area contributed by atoms with Crippen LogP contribution >= 0.6 is 15.9 Å². The van der Waals surface area contributed by atoms with E-state index in [1.807, 2.05) is 24.3 Å². The van der Waals surface area contributed by atoms with Gasteiger partial charge in [0.2, 0.25) is 0 Å². The second kappa shape index (κ2) is 6.40. The maximum absolute atomic E-state index is 5.74. The Morgan fingerprint density at radius 1 is 1.37 bits per heavy atom. The summed E-state index contributed by atoms with van der Waals surface area (Å²) in [6.07, 6.45) is 1.67. The third-order valence-electron chi connectivity index (χ3n) is 2.50. The first kappa shape index (κ1) is 13.6. The third-order valence-corrected chi connectivity index (χ3v) is 3.12. The third kappa shape index (κ3) is 3.36. The van der Waals surface area contributed by atoms with E-state index in [2.05, 4.69) is 26.3 Å². The summed E-state index contributed by atoms with van der Waals surface area (Å²) in [4.78, 5) is 4.21. The maximum atomic E-state index is 5.74. The summed E-state index contributed by atoms with van der Waals surface area (Å²) in [5.74, 6) is 6.67. The highest BCUT2D eigenvalue weighted by Gasteiger charge is 2.09. The van der Waals surface area contributed by atoms with Gasteiger partial charge in [-0.15, -0.1) is 0 Å². The highest BCUT2D eigenvalue weighted by atomic mass is 79.9. The largest absolute Gasteiger partial charge is 0.493 e. The van der Waals surface area contributed by atoms with Gasteiger partial charge in [0.25, 0.3) is 0 Å². The van der Waals surface area contributed by atoms with Crippen LogP contribution in [0, 0.1) is 0 Å². The van der Waals surface area contributed by atoms with E-state index >= 15 is 0 Å². The number of benzene rings is 1. The van der Waals surface area contributed by atoms with Gasteiger partial charge in [0.15, 0.2) is 11.5 Å². The fourth-order valence-corrected chi connectivity index (χ4v) is 2.05. The van der Waals surface area contributed by atoms with Crippen molar-refractivity contribution in [2.24, 2.45) is 5.84 Å². The Morgan fingerprint density at radius 2 is 2.21 bits per heavy atom. The average Bonchev–Trinajstić information content (AvgIpc) is 2.46. The molecule has 0 radical (unpaired) electrons. The van der Waals surface area contributed by atoms with Crippen molar-refractivity contribution in [3.8, 4) is 11.5 Å². The van der Waals surface area contributed by atoms with Crippen LogP contribution in [-0.4, -0.2) is 12.1 Å². The summed E-state index contributed by atoms with van der Waals surface area (Å²) in [7, 11) is 1.60. The number of hydrogen-bond donors (Lipinski definition) is 2. The molecule has 0 aliphatic heterocycles. The molecule has 19 heavy (non-hydrogen) atoms. The summed E-state index contributed by atoms with van der Waals surface area (Å²) >= 11 is 3.43. The molecule has 0 aliphatic carbocycles. The molecule has 3 N–H and O–H groups in total. The quantitative estimate of drug-likeness (QED) is 0.654. The van der Waals surface area contributed by atoms with Crippen molar-refractivity contribution in [3.05, 3.63) is 46.7 Å². The predicted octanol–water partition coefficient (Wildman–Crippen LogP) is 2.72. The monoisotopic (exact) mass is 323 g/mol. The molecule has 100 valence electrons. The van der Waals surface area contributed by atoms with Gasteiger partial charge in [0, 0.05) is 6.20 Å². The van der Waals surface area contributed by atoms with Gasteiger partial charge in [-0.2, -0.15) is 0 Å². The number of nitrogen functional groups attached to an aromatic ring is 1. The molecule has 2 aromatic rings. The van der Waals surface area contributed by atoms with E-state index in [0.29, 0.717) is 18.1 Å². The Kier molecular flexibility index (Phi) is 4.59. The SMILES string of the molecule is COc1cccc(Br)c1OCc1cc(NN)ccn1. The summed E-state index contributed by atoms with van der Waals surface area (Å²) < 4.78 is 11.8. The lowest BCUT2D eigenvalue weighted by Gasteiger charge is -2.12. The average molecular weight is 324 g/mol. The lowest BCUT2D eigenvalue weighted by Crippen LogP contribution is -2.08. The molecule has 1 aromatic carbocycles. The number of halogens is 1. The maximum Gasteiger partial charge on any atom is 0.175 e. The van der Waals surface area contributed by atoms with Gasteiger partial charge in [-0.1, -0.05) is 6.07 Å². The van der Waals surface area contributed by atoms with Crippen molar-refractivity contribution in [2.45, 2.75) is 6.61 Å². The number of ether oxygens (including phenoxy) is 2. The summed E-state index contributed by atoms with van der Waals surface area (Å²) in [6, 6.07) is 9.22. The van der Waals surface area contributed by atoms with Crippen molar-refractivity contribution in [1.82, 2.24) is 4.98 Å². The van der Waals surface area contributed by atoms with Gasteiger partial charge in [-0.25, -0.2) is 0 Å². The van der Waals surface area contributed by atoms with Crippen molar-refractivity contribution in [1.29, 1.82) is 0 Å². The molecule has 0 atom stereocenters. The predicted molar refractivity (Wildman–Crippen MR) is 77.1 cm³/mol. The number of nitrogens with two attached hydrogens (primary N) is 1. The van der Waals surface area contributed by atoms with Crippen molar-refractivity contribution in [3.63, 3.8) is 0 Å². The van der Waals surface area contributed by atoms with Crippen LogP contribution in [0.15, 0.2) is 41.0 Å².